The molecule has 1 N–H and O–H groups in total. The molecule has 7 nitrogen and oxygen atoms in total. The number of nitrogens with zero attached hydrogens (tertiary/aromatic N) is 4. The third-order valence-electron chi connectivity index (χ3n) is 2.75. The van der Waals surface area contributed by atoms with Gasteiger partial charge in [0.1, 0.15) is 17.9 Å². The molecule has 7 heteroatoms. The van der Waals surface area contributed by atoms with E-state index in [0.29, 0.717) is 18.9 Å². The van der Waals surface area contributed by atoms with Gasteiger partial charge in [-0.15, -0.1) is 5.10 Å². The lowest BCUT2D eigenvalue weighted by Crippen LogP contribution is -2.14. The number of tetrazole rings is 1. The van der Waals surface area contributed by atoms with Crippen LogP contribution in [0.25, 0.3) is 0 Å². The Labute approximate surface area is 116 Å². The second kappa shape index (κ2) is 6.14. The van der Waals surface area contributed by atoms with E-state index in [2.05, 4.69) is 15.5 Å². The SMILES string of the molecule is CC(C)c1nnnn1CCOc1ccccc1C(=O)O. The summed E-state index contributed by atoms with van der Waals surface area (Å²) in [4.78, 5) is 11.0. The van der Waals surface area contributed by atoms with Crippen LogP contribution in [0.2, 0.25) is 0 Å². The molecule has 0 radical (unpaired) electrons. The Hall–Kier alpha value is -2.44. The molecule has 0 amide bonds. The second-order valence-corrected chi connectivity index (χ2v) is 4.56. The number of ether oxygens (including phenoxy) is 1. The molecular formula is C13H16N4O3. The highest BCUT2D eigenvalue weighted by Crippen LogP contribution is 2.18. The number of rotatable bonds is 6. The standard InChI is InChI=1S/C13H16N4O3/c1-9(2)12-14-15-16-17(12)7-8-20-11-6-4-3-5-10(11)13(18)19/h3-6,9H,7-8H2,1-2H3,(H,18,19). The number of para-hydroxylation sites is 1. The highest BCUT2D eigenvalue weighted by atomic mass is 16.5. The molecule has 0 aliphatic carbocycles. The minimum Gasteiger partial charge on any atom is -0.491 e. The molecule has 2 rings (SSSR count). The van der Waals surface area contributed by atoms with E-state index >= 15 is 0 Å². The molecule has 2 aromatic rings. The summed E-state index contributed by atoms with van der Waals surface area (Å²) in [6.07, 6.45) is 0. The number of hydrogen-bond donors (Lipinski definition) is 1. The van der Waals surface area contributed by atoms with Crippen molar-refractivity contribution >= 4 is 5.97 Å². The van der Waals surface area contributed by atoms with Crippen LogP contribution in [0.1, 0.15) is 35.9 Å². The van der Waals surface area contributed by atoms with Gasteiger partial charge in [0, 0.05) is 5.92 Å². The van der Waals surface area contributed by atoms with E-state index in [1.807, 2.05) is 13.8 Å². The van der Waals surface area contributed by atoms with Crippen molar-refractivity contribution in [2.24, 2.45) is 0 Å². The molecule has 0 fully saturated rings. The van der Waals surface area contributed by atoms with Gasteiger partial charge < -0.3 is 9.84 Å². The van der Waals surface area contributed by atoms with Crippen molar-refractivity contribution in [3.05, 3.63) is 35.7 Å². The Balaban J connectivity index is 2.00. The van der Waals surface area contributed by atoms with E-state index in [4.69, 9.17) is 9.84 Å². The third kappa shape index (κ3) is 3.11. The van der Waals surface area contributed by atoms with Gasteiger partial charge in [-0.2, -0.15) is 0 Å². The summed E-state index contributed by atoms with van der Waals surface area (Å²) in [7, 11) is 0. The van der Waals surface area contributed by atoms with Crippen molar-refractivity contribution in [1.29, 1.82) is 0 Å². The van der Waals surface area contributed by atoms with Gasteiger partial charge in [0.2, 0.25) is 0 Å². The van der Waals surface area contributed by atoms with Crippen molar-refractivity contribution in [2.75, 3.05) is 6.61 Å². The lowest BCUT2D eigenvalue weighted by Gasteiger charge is -2.10. The van der Waals surface area contributed by atoms with E-state index in [9.17, 15) is 4.79 Å². The quantitative estimate of drug-likeness (QED) is 0.861. The summed E-state index contributed by atoms with van der Waals surface area (Å²) >= 11 is 0. The van der Waals surface area contributed by atoms with Crippen LogP contribution in [-0.4, -0.2) is 37.9 Å². The molecule has 1 aromatic carbocycles. The molecule has 0 unspecified atom stereocenters. The molecule has 20 heavy (non-hydrogen) atoms. The molecule has 0 spiro atoms. The molecule has 0 aliphatic heterocycles. The van der Waals surface area contributed by atoms with Gasteiger partial charge in [-0.05, 0) is 22.6 Å². The summed E-state index contributed by atoms with van der Waals surface area (Å²) in [5.41, 5.74) is 0.147. The molecule has 0 atom stereocenters. The zero-order valence-corrected chi connectivity index (χ0v) is 11.4. The summed E-state index contributed by atoms with van der Waals surface area (Å²) in [5, 5.41) is 20.5. The van der Waals surface area contributed by atoms with Crippen LogP contribution in [0.3, 0.4) is 0 Å². The Kier molecular flexibility index (Phi) is 4.29. The molecule has 1 heterocycles. The first-order valence-electron chi connectivity index (χ1n) is 6.30. The lowest BCUT2D eigenvalue weighted by atomic mass is 10.2. The zero-order chi connectivity index (χ0) is 14.5. The number of aromatic nitrogens is 4. The minimum absolute atomic E-state index is 0.147. The highest BCUT2D eigenvalue weighted by molar-refractivity contribution is 5.90. The fourth-order valence-electron chi connectivity index (χ4n) is 1.80. The van der Waals surface area contributed by atoms with E-state index in [-0.39, 0.29) is 11.5 Å². The predicted octanol–water partition coefficient (Wildman–Crippen LogP) is 1.57. The first-order chi connectivity index (χ1) is 9.59. The van der Waals surface area contributed by atoms with Crippen LogP contribution in [0.4, 0.5) is 0 Å². The van der Waals surface area contributed by atoms with E-state index in [1.54, 1.807) is 22.9 Å². The van der Waals surface area contributed by atoms with Gasteiger partial charge in [-0.3, -0.25) is 0 Å². The van der Waals surface area contributed by atoms with Crippen LogP contribution in [0, 0.1) is 0 Å². The average Bonchev–Trinajstić information content (AvgIpc) is 2.87. The predicted molar refractivity (Wildman–Crippen MR) is 70.8 cm³/mol. The number of hydrogen-bond acceptors (Lipinski definition) is 5. The van der Waals surface area contributed by atoms with Crippen molar-refractivity contribution < 1.29 is 14.6 Å². The Morgan fingerprint density at radius 3 is 2.85 bits per heavy atom. The first kappa shape index (κ1) is 14.0. The van der Waals surface area contributed by atoms with Crippen molar-refractivity contribution in [1.82, 2.24) is 20.2 Å². The fraction of sp³-hybridized carbons (Fsp3) is 0.385. The number of benzene rings is 1. The molecule has 106 valence electrons. The van der Waals surface area contributed by atoms with Crippen LogP contribution in [0.15, 0.2) is 24.3 Å². The Morgan fingerprint density at radius 1 is 1.40 bits per heavy atom. The van der Waals surface area contributed by atoms with Crippen molar-refractivity contribution in [3.8, 4) is 5.75 Å². The van der Waals surface area contributed by atoms with Gasteiger partial charge in [-0.1, -0.05) is 26.0 Å². The van der Waals surface area contributed by atoms with E-state index in [0.717, 1.165) is 5.82 Å². The molecular weight excluding hydrogens is 260 g/mol. The summed E-state index contributed by atoms with van der Waals surface area (Å²) in [6.45, 7) is 4.77. The van der Waals surface area contributed by atoms with Gasteiger partial charge in [-0.25, -0.2) is 9.48 Å². The maximum Gasteiger partial charge on any atom is 0.339 e. The summed E-state index contributed by atoms with van der Waals surface area (Å²) < 4.78 is 7.17. The van der Waals surface area contributed by atoms with Crippen molar-refractivity contribution in [2.45, 2.75) is 26.3 Å². The topological polar surface area (TPSA) is 90.1 Å². The summed E-state index contributed by atoms with van der Waals surface area (Å²) in [6, 6.07) is 6.54. The average molecular weight is 276 g/mol. The van der Waals surface area contributed by atoms with Gasteiger partial charge in [0.05, 0.1) is 6.54 Å². The van der Waals surface area contributed by atoms with Gasteiger partial charge in [0.15, 0.2) is 5.82 Å². The lowest BCUT2D eigenvalue weighted by molar-refractivity contribution is 0.0692. The first-order valence-corrected chi connectivity index (χ1v) is 6.30. The maximum absolute atomic E-state index is 11.0. The molecule has 0 saturated heterocycles. The van der Waals surface area contributed by atoms with E-state index in [1.165, 1.54) is 6.07 Å². The fourth-order valence-corrected chi connectivity index (χ4v) is 1.80. The van der Waals surface area contributed by atoms with Gasteiger partial charge >= 0.3 is 5.97 Å². The highest BCUT2D eigenvalue weighted by Gasteiger charge is 2.12. The zero-order valence-electron chi connectivity index (χ0n) is 11.4. The number of aromatic carboxylic acids is 1. The number of carbonyl (C=O) groups is 1. The Bertz CT molecular complexity index is 595. The van der Waals surface area contributed by atoms with Crippen LogP contribution in [0.5, 0.6) is 5.75 Å². The molecule has 0 bridgehead atoms. The summed E-state index contributed by atoms with van der Waals surface area (Å²) in [5.74, 6) is 0.335. The molecule has 0 aliphatic rings. The second-order valence-electron chi connectivity index (χ2n) is 4.56. The normalized spacial score (nSPS) is 10.8. The number of carboxylic acids is 1. The van der Waals surface area contributed by atoms with Crippen molar-refractivity contribution in [3.63, 3.8) is 0 Å². The number of carboxylic acid groups (broad SMARTS) is 1. The van der Waals surface area contributed by atoms with Crippen LogP contribution >= 0.6 is 0 Å². The maximum atomic E-state index is 11.0. The van der Waals surface area contributed by atoms with E-state index < -0.39 is 5.97 Å². The largest absolute Gasteiger partial charge is 0.491 e. The third-order valence-corrected chi connectivity index (χ3v) is 2.75. The monoisotopic (exact) mass is 276 g/mol. The van der Waals surface area contributed by atoms with Gasteiger partial charge in [0.25, 0.3) is 0 Å². The molecule has 0 saturated carbocycles. The van der Waals surface area contributed by atoms with Crippen LogP contribution in [-0.2, 0) is 6.54 Å². The van der Waals surface area contributed by atoms with Crippen LogP contribution < -0.4 is 4.74 Å². The minimum atomic E-state index is -1.01. The smallest absolute Gasteiger partial charge is 0.339 e. The Morgan fingerprint density at radius 2 is 2.15 bits per heavy atom. The molecule has 1 aromatic heterocycles.